The van der Waals surface area contributed by atoms with Crippen molar-refractivity contribution in [3.63, 3.8) is 0 Å². The van der Waals surface area contributed by atoms with Crippen LogP contribution in [0.1, 0.15) is 6.42 Å². The first-order chi connectivity index (χ1) is 8.86. The third-order valence-electron chi connectivity index (χ3n) is 3.54. The van der Waals surface area contributed by atoms with E-state index in [0.717, 1.165) is 36.5 Å². The molecule has 0 amide bonds. The lowest BCUT2D eigenvalue weighted by Gasteiger charge is -2.16. The van der Waals surface area contributed by atoms with Crippen LogP contribution in [-0.4, -0.2) is 36.6 Å². The Bertz CT molecular complexity index is 540. The highest BCUT2D eigenvalue weighted by atomic mass is 15.3. The van der Waals surface area contributed by atoms with Crippen molar-refractivity contribution in [3.05, 3.63) is 30.5 Å². The van der Waals surface area contributed by atoms with Crippen molar-refractivity contribution in [2.24, 2.45) is 5.92 Å². The van der Waals surface area contributed by atoms with E-state index in [2.05, 4.69) is 20.2 Å². The summed E-state index contributed by atoms with van der Waals surface area (Å²) in [6, 6.07) is 8.13. The third-order valence-corrected chi connectivity index (χ3v) is 3.54. The van der Waals surface area contributed by atoms with Crippen LogP contribution in [0.25, 0.3) is 10.9 Å². The monoisotopic (exact) mass is 242 g/mol. The van der Waals surface area contributed by atoms with Gasteiger partial charge in [0.25, 0.3) is 0 Å². The second-order valence-corrected chi connectivity index (χ2v) is 4.89. The first-order valence-electron chi connectivity index (χ1n) is 6.48. The van der Waals surface area contributed by atoms with Gasteiger partial charge in [-0.25, -0.2) is 9.97 Å². The largest absolute Gasteiger partial charge is 0.340 e. The van der Waals surface area contributed by atoms with Crippen molar-refractivity contribution in [1.82, 2.24) is 15.3 Å². The van der Waals surface area contributed by atoms with E-state index in [4.69, 9.17) is 0 Å². The van der Waals surface area contributed by atoms with Crippen LogP contribution in [0.2, 0.25) is 0 Å². The standard InChI is InChI=1S/C14H18N4/c1-15-8-11-6-7-18(10-11)14-16-9-12-4-2-3-5-13(12)17-14/h2-5,9,11,15H,6-8,10H2,1H3. The van der Waals surface area contributed by atoms with E-state index in [1.54, 1.807) is 0 Å². The number of fused-ring (bicyclic) bond motifs is 1. The van der Waals surface area contributed by atoms with Crippen LogP contribution in [0.4, 0.5) is 5.95 Å². The second-order valence-electron chi connectivity index (χ2n) is 4.89. The van der Waals surface area contributed by atoms with Crippen molar-refractivity contribution < 1.29 is 0 Å². The smallest absolute Gasteiger partial charge is 0.225 e. The Hall–Kier alpha value is -1.68. The summed E-state index contributed by atoms with van der Waals surface area (Å²) in [5.41, 5.74) is 1.03. The Morgan fingerprint density at radius 3 is 3.17 bits per heavy atom. The minimum Gasteiger partial charge on any atom is -0.340 e. The molecule has 1 saturated heterocycles. The molecule has 1 aliphatic rings. The SMILES string of the molecule is CNCC1CCN(c2ncc3ccccc3n2)C1. The number of nitrogens with one attached hydrogen (secondary N) is 1. The van der Waals surface area contributed by atoms with Gasteiger partial charge in [-0.15, -0.1) is 0 Å². The van der Waals surface area contributed by atoms with Crippen molar-refractivity contribution >= 4 is 16.9 Å². The maximum atomic E-state index is 4.65. The zero-order valence-corrected chi connectivity index (χ0v) is 10.6. The fraction of sp³-hybridized carbons (Fsp3) is 0.429. The van der Waals surface area contributed by atoms with Crippen LogP contribution < -0.4 is 10.2 Å². The van der Waals surface area contributed by atoms with E-state index < -0.39 is 0 Å². The van der Waals surface area contributed by atoms with Crippen LogP contribution in [0.3, 0.4) is 0 Å². The van der Waals surface area contributed by atoms with Gasteiger partial charge in [-0.3, -0.25) is 0 Å². The molecule has 0 aliphatic carbocycles. The van der Waals surface area contributed by atoms with E-state index in [0.29, 0.717) is 5.92 Å². The normalized spacial score (nSPS) is 19.6. The number of para-hydroxylation sites is 1. The minimum absolute atomic E-state index is 0.713. The van der Waals surface area contributed by atoms with Crippen LogP contribution in [0.5, 0.6) is 0 Å². The molecule has 0 bridgehead atoms. The Morgan fingerprint density at radius 1 is 1.39 bits per heavy atom. The van der Waals surface area contributed by atoms with Gasteiger partial charge < -0.3 is 10.2 Å². The van der Waals surface area contributed by atoms with Crippen LogP contribution in [0, 0.1) is 5.92 Å². The summed E-state index contributed by atoms with van der Waals surface area (Å²) < 4.78 is 0. The summed E-state index contributed by atoms with van der Waals surface area (Å²) in [4.78, 5) is 11.4. The summed E-state index contributed by atoms with van der Waals surface area (Å²) in [6.07, 6.45) is 3.14. The molecule has 0 spiro atoms. The van der Waals surface area contributed by atoms with Gasteiger partial charge in [0.1, 0.15) is 0 Å². The molecule has 1 unspecified atom stereocenters. The zero-order valence-electron chi connectivity index (χ0n) is 10.6. The van der Waals surface area contributed by atoms with Crippen molar-refractivity contribution in [1.29, 1.82) is 0 Å². The van der Waals surface area contributed by atoms with Gasteiger partial charge in [0.2, 0.25) is 5.95 Å². The molecule has 3 rings (SSSR count). The average Bonchev–Trinajstić information content (AvgIpc) is 2.87. The lowest BCUT2D eigenvalue weighted by Crippen LogP contribution is -2.25. The summed E-state index contributed by atoms with van der Waals surface area (Å²) >= 11 is 0. The first-order valence-corrected chi connectivity index (χ1v) is 6.48. The molecular weight excluding hydrogens is 224 g/mol. The Balaban J connectivity index is 1.82. The summed E-state index contributed by atoms with van der Waals surface area (Å²) in [5.74, 6) is 1.58. The molecule has 2 heterocycles. The van der Waals surface area contributed by atoms with Crippen molar-refractivity contribution in [2.75, 3.05) is 31.6 Å². The number of rotatable bonds is 3. The fourth-order valence-corrected chi connectivity index (χ4v) is 2.58. The zero-order chi connectivity index (χ0) is 12.4. The molecular formula is C14H18N4. The minimum atomic E-state index is 0.713. The number of hydrogen-bond donors (Lipinski definition) is 1. The summed E-state index contributed by atoms with van der Waals surface area (Å²) in [7, 11) is 2.01. The molecule has 1 aromatic carbocycles. The van der Waals surface area contributed by atoms with Gasteiger partial charge in [-0.1, -0.05) is 18.2 Å². The number of nitrogens with zero attached hydrogens (tertiary/aromatic N) is 3. The van der Waals surface area contributed by atoms with Gasteiger partial charge in [0.05, 0.1) is 5.52 Å². The molecule has 0 saturated carbocycles. The van der Waals surface area contributed by atoms with Gasteiger partial charge in [-0.05, 0) is 32.0 Å². The van der Waals surface area contributed by atoms with E-state index in [1.165, 1.54) is 6.42 Å². The number of aromatic nitrogens is 2. The van der Waals surface area contributed by atoms with Gasteiger partial charge >= 0.3 is 0 Å². The highest BCUT2D eigenvalue weighted by Gasteiger charge is 2.23. The average molecular weight is 242 g/mol. The van der Waals surface area contributed by atoms with E-state index in [9.17, 15) is 0 Å². The molecule has 2 aromatic rings. The van der Waals surface area contributed by atoms with E-state index >= 15 is 0 Å². The lowest BCUT2D eigenvalue weighted by molar-refractivity contribution is 0.548. The highest BCUT2D eigenvalue weighted by molar-refractivity contribution is 5.78. The molecule has 1 fully saturated rings. The molecule has 94 valence electrons. The molecule has 1 aromatic heterocycles. The molecule has 4 heteroatoms. The third kappa shape index (κ3) is 2.16. The van der Waals surface area contributed by atoms with Crippen molar-refractivity contribution in [2.45, 2.75) is 6.42 Å². The van der Waals surface area contributed by atoms with Gasteiger partial charge in [0, 0.05) is 24.7 Å². The Kier molecular flexibility index (Phi) is 3.11. The van der Waals surface area contributed by atoms with Crippen LogP contribution in [0.15, 0.2) is 30.5 Å². The Morgan fingerprint density at radius 2 is 2.28 bits per heavy atom. The predicted molar refractivity (Wildman–Crippen MR) is 73.8 cm³/mol. The molecule has 1 aliphatic heterocycles. The first kappa shape index (κ1) is 11.4. The van der Waals surface area contributed by atoms with E-state index in [1.807, 2.05) is 37.5 Å². The van der Waals surface area contributed by atoms with E-state index in [-0.39, 0.29) is 0 Å². The Labute approximate surface area is 107 Å². The topological polar surface area (TPSA) is 41.0 Å². The molecule has 1 N–H and O–H groups in total. The highest BCUT2D eigenvalue weighted by Crippen LogP contribution is 2.21. The summed E-state index contributed by atoms with van der Waals surface area (Å²) in [6.45, 7) is 3.19. The lowest BCUT2D eigenvalue weighted by atomic mass is 10.1. The predicted octanol–water partition coefficient (Wildman–Crippen LogP) is 1.68. The quantitative estimate of drug-likeness (QED) is 0.889. The maximum absolute atomic E-state index is 4.65. The number of anilines is 1. The van der Waals surface area contributed by atoms with Crippen LogP contribution >= 0.6 is 0 Å². The fourth-order valence-electron chi connectivity index (χ4n) is 2.58. The molecule has 4 nitrogen and oxygen atoms in total. The molecule has 1 atom stereocenters. The maximum Gasteiger partial charge on any atom is 0.225 e. The number of benzene rings is 1. The van der Waals surface area contributed by atoms with Crippen molar-refractivity contribution in [3.8, 4) is 0 Å². The molecule has 18 heavy (non-hydrogen) atoms. The molecule has 0 radical (unpaired) electrons. The van der Waals surface area contributed by atoms with Gasteiger partial charge in [0.15, 0.2) is 0 Å². The summed E-state index contributed by atoms with van der Waals surface area (Å²) in [5, 5.41) is 4.35. The van der Waals surface area contributed by atoms with Gasteiger partial charge in [-0.2, -0.15) is 0 Å². The van der Waals surface area contributed by atoms with Crippen LogP contribution in [-0.2, 0) is 0 Å². The second kappa shape index (κ2) is 4.90. The number of hydrogen-bond acceptors (Lipinski definition) is 4.